The highest BCUT2D eigenvalue weighted by molar-refractivity contribution is 5.94. The predicted octanol–water partition coefficient (Wildman–Crippen LogP) is 2.84. The van der Waals surface area contributed by atoms with Gasteiger partial charge >= 0.3 is 0 Å². The van der Waals surface area contributed by atoms with E-state index in [9.17, 15) is 4.79 Å². The van der Waals surface area contributed by atoms with Crippen LogP contribution in [0.25, 0.3) is 22.3 Å². The van der Waals surface area contributed by atoms with Crippen LogP contribution in [0.2, 0.25) is 0 Å². The summed E-state index contributed by atoms with van der Waals surface area (Å²) >= 11 is 0. The van der Waals surface area contributed by atoms with E-state index in [1.807, 2.05) is 30.3 Å². The number of carbonyl (C=O) groups excluding carboxylic acids is 1. The van der Waals surface area contributed by atoms with Crippen LogP contribution in [0.15, 0.2) is 36.4 Å². The first-order valence-electron chi connectivity index (χ1n) is 12.1. The number of morpholine rings is 2. The van der Waals surface area contributed by atoms with Crippen molar-refractivity contribution in [3.63, 3.8) is 0 Å². The summed E-state index contributed by atoms with van der Waals surface area (Å²) in [4.78, 5) is 33.2. The van der Waals surface area contributed by atoms with Gasteiger partial charge in [0.25, 0.3) is 5.91 Å². The third-order valence-corrected chi connectivity index (χ3v) is 6.63. The average molecular weight is 477 g/mol. The van der Waals surface area contributed by atoms with Crippen LogP contribution in [0.5, 0.6) is 0 Å². The zero-order valence-electron chi connectivity index (χ0n) is 20.8. The van der Waals surface area contributed by atoms with Gasteiger partial charge in [-0.25, -0.2) is 4.98 Å². The molecule has 2 saturated heterocycles. The standard InChI is InChI=1S/C26H32N6O3/c1-17-15-34-13-11-31(17)24-21-9-10-22(19-5-7-20(8-6-19)25(33)30(3)4)27-23(21)28-26(29-24)32-12-14-35-16-18(32)2/h5-10,17-18H,11-16H2,1-4H3/t17-,18-/m0/s1. The van der Waals surface area contributed by atoms with Crippen molar-refractivity contribution >= 4 is 28.7 Å². The lowest BCUT2D eigenvalue weighted by atomic mass is 10.1. The molecular weight excluding hydrogens is 444 g/mol. The molecule has 184 valence electrons. The Balaban J connectivity index is 1.58. The van der Waals surface area contributed by atoms with Gasteiger partial charge in [0.05, 0.1) is 49.6 Å². The summed E-state index contributed by atoms with van der Waals surface area (Å²) in [6, 6.07) is 12.0. The average Bonchev–Trinajstić information content (AvgIpc) is 2.88. The number of fused-ring (bicyclic) bond motifs is 1. The van der Waals surface area contributed by atoms with Crippen molar-refractivity contribution in [1.82, 2.24) is 19.9 Å². The highest BCUT2D eigenvalue weighted by Gasteiger charge is 2.27. The van der Waals surface area contributed by atoms with Gasteiger partial charge < -0.3 is 24.2 Å². The molecular formula is C26H32N6O3. The van der Waals surface area contributed by atoms with Gasteiger partial charge in [0, 0.05) is 38.3 Å². The Morgan fingerprint density at radius 1 is 0.886 bits per heavy atom. The van der Waals surface area contributed by atoms with Crippen LogP contribution in [-0.4, -0.2) is 91.5 Å². The number of ether oxygens (including phenoxy) is 2. The maximum atomic E-state index is 12.3. The summed E-state index contributed by atoms with van der Waals surface area (Å²) in [5, 5.41) is 0.923. The van der Waals surface area contributed by atoms with E-state index in [4.69, 9.17) is 24.4 Å². The van der Waals surface area contributed by atoms with E-state index in [-0.39, 0.29) is 18.0 Å². The topological polar surface area (TPSA) is 83.9 Å². The molecule has 0 aliphatic carbocycles. The molecule has 2 fully saturated rings. The van der Waals surface area contributed by atoms with E-state index >= 15 is 0 Å². The number of aromatic nitrogens is 3. The minimum absolute atomic E-state index is 0.0238. The van der Waals surface area contributed by atoms with E-state index in [1.165, 1.54) is 0 Å². The maximum Gasteiger partial charge on any atom is 0.253 e. The van der Waals surface area contributed by atoms with Crippen molar-refractivity contribution in [2.45, 2.75) is 25.9 Å². The normalized spacial score (nSPS) is 20.8. The monoisotopic (exact) mass is 476 g/mol. The molecule has 3 aromatic rings. The number of amides is 1. The van der Waals surface area contributed by atoms with E-state index in [0.717, 1.165) is 35.6 Å². The molecule has 0 bridgehead atoms. The predicted molar refractivity (Wildman–Crippen MR) is 136 cm³/mol. The summed E-state index contributed by atoms with van der Waals surface area (Å²) in [6.07, 6.45) is 0. The molecule has 0 spiro atoms. The Hall–Kier alpha value is -3.30. The fourth-order valence-corrected chi connectivity index (χ4v) is 4.60. The molecule has 2 aromatic heterocycles. The third kappa shape index (κ3) is 4.66. The molecule has 1 aromatic carbocycles. The van der Waals surface area contributed by atoms with Crippen LogP contribution >= 0.6 is 0 Å². The van der Waals surface area contributed by atoms with Crippen LogP contribution < -0.4 is 9.80 Å². The minimum atomic E-state index is -0.0238. The van der Waals surface area contributed by atoms with Gasteiger partial charge in [0.1, 0.15) is 5.82 Å². The molecule has 0 radical (unpaired) electrons. The zero-order chi connectivity index (χ0) is 24.5. The fourth-order valence-electron chi connectivity index (χ4n) is 4.60. The van der Waals surface area contributed by atoms with Crippen molar-refractivity contribution in [2.75, 3.05) is 63.4 Å². The number of hydrogen-bond acceptors (Lipinski definition) is 8. The lowest BCUT2D eigenvalue weighted by molar-refractivity contribution is 0.0827. The van der Waals surface area contributed by atoms with E-state index in [1.54, 1.807) is 19.0 Å². The number of benzene rings is 1. The quantitative estimate of drug-likeness (QED) is 0.569. The molecule has 9 nitrogen and oxygen atoms in total. The Morgan fingerprint density at radius 2 is 1.54 bits per heavy atom. The molecule has 0 N–H and O–H groups in total. The summed E-state index contributed by atoms with van der Waals surface area (Å²) in [5.74, 6) is 1.55. The molecule has 2 atom stereocenters. The largest absolute Gasteiger partial charge is 0.377 e. The molecule has 0 saturated carbocycles. The van der Waals surface area contributed by atoms with Crippen molar-refractivity contribution in [3.8, 4) is 11.3 Å². The number of pyridine rings is 1. The van der Waals surface area contributed by atoms with Gasteiger partial charge in [0.2, 0.25) is 5.95 Å². The number of nitrogens with zero attached hydrogens (tertiary/aromatic N) is 6. The van der Waals surface area contributed by atoms with E-state index in [2.05, 4.69) is 29.7 Å². The molecule has 4 heterocycles. The number of anilines is 2. The molecule has 2 aliphatic rings. The van der Waals surface area contributed by atoms with Gasteiger partial charge in [-0.05, 0) is 38.1 Å². The Labute approximate surface area is 205 Å². The third-order valence-electron chi connectivity index (χ3n) is 6.63. The first-order chi connectivity index (χ1) is 16.9. The molecule has 1 amide bonds. The summed E-state index contributed by atoms with van der Waals surface area (Å²) < 4.78 is 11.3. The second kappa shape index (κ2) is 9.75. The zero-order valence-corrected chi connectivity index (χ0v) is 20.8. The first-order valence-corrected chi connectivity index (χ1v) is 12.1. The number of hydrogen-bond donors (Lipinski definition) is 0. The highest BCUT2D eigenvalue weighted by atomic mass is 16.5. The maximum absolute atomic E-state index is 12.3. The summed E-state index contributed by atoms with van der Waals surface area (Å²) in [6.45, 7) is 8.44. The smallest absolute Gasteiger partial charge is 0.253 e. The van der Waals surface area contributed by atoms with E-state index in [0.29, 0.717) is 43.6 Å². The fraction of sp³-hybridized carbons (Fsp3) is 0.462. The summed E-state index contributed by atoms with van der Waals surface area (Å²) in [7, 11) is 3.50. The van der Waals surface area contributed by atoms with Gasteiger partial charge in [-0.2, -0.15) is 9.97 Å². The molecule has 5 rings (SSSR count). The molecule has 0 unspecified atom stereocenters. The second-order valence-corrected chi connectivity index (χ2v) is 9.43. The van der Waals surface area contributed by atoms with Crippen molar-refractivity contribution in [1.29, 1.82) is 0 Å². The van der Waals surface area contributed by atoms with Crippen LogP contribution in [-0.2, 0) is 9.47 Å². The van der Waals surface area contributed by atoms with Crippen LogP contribution in [0, 0.1) is 0 Å². The van der Waals surface area contributed by atoms with Crippen LogP contribution in [0.4, 0.5) is 11.8 Å². The first kappa shape index (κ1) is 23.4. The van der Waals surface area contributed by atoms with Gasteiger partial charge in [-0.1, -0.05) is 12.1 Å². The Bertz CT molecular complexity index is 1220. The molecule has 9 heteroatoms. The van der Waals surface area contributed by atoms with E-state index < -0.39 is 0 Å². The SMILES string of the molecule is C[C@H]1COCCN1c1nc(N2CCOC[C@@H]2C)c2ccc(-c3ccc(C(=O)N(C)C)cc3)nc2n1. The Kier molecular flexibility index (Phi) is 6.53. The van der Waals surface area contributed by atoms with Crippen LogP contribution in [0.1, 0.15) is 24.2 Å². The number of carbonyl (C=O) groups is 1. The summed E-state index contributed by atoms with van der Waals surface area (Å²) in [5.41, 5.74) is 3.05. The van der Waals surface area contributed by atoms with Crippen LogP contribution in [0.3, 0.4) is 0 Å². The Morgan fingerprint density at radius 3 is 2.17 bits per heavy atom. The van der Waals surface area contributed by atoms with Crippen molar-refractivity contribution in [2.24, 2.45) is 0 Å². The highest BCUT2D eigenvalue weighted by Crippen LogP contribution is 2.31. The minimum Gasteiger partial charge on any atom is -0.377 e. The van der Waals surface area contributed by atoms with Gasteiger partial charge in [-0.3, -0.25) is 4.79 Å². The number of rotatable bonds is 4. The van der Waals surface area contributed by atoms with Gasteiger partial charge in [0.15, 0.2) is 5.65 Å². The van der Waals surface area contributed by atoms with Gasteiger partial charge in [-0.15, -0.1) is 0 Å². The lowest BCUT2D eigenvalue weighted by Crippen LogP contribution is -2.46. The lowest BCUT2D eigenvalue weighted by Gasteiger charge is -2.37. The molecule has 2 aliphatic heterocycles. The van der Waals surface area contributed by atoms with Crippen molar-refractivity contribution < 1.29 is 14.3 Å². The molecule has 35 heavy (non-hydrogen) atoms. The van der Waals surface area contributed by atoms with Crippen molar-refractivity contribution in [3.05, 3.63) is 42.0 Å². The second-order valence-electron chi connectivity index (χ2n) is 9.43.